The van der Waals surface area contributed by atoms with Gasteiger partial charge in [0.25, 0.3) is 5.91 Å². The van der Waals surface area contributed by atoms with Crippen molar-refractivity contribution < 1.29 is 14.3 Å². The molecule has 0 spiro atoms. The van der Waals surface area contributed by atoms with Crippen LogP contribution in [0.15, 0.2) is 83.8 Å². The zero-order valence-corrected chi connectivity index (χ0v) is 16.9. The number of amides is 2. The topological polar surface area (TPSA) is 67.4 Å². The Balaban J connectivity index is 1.58. The van der Waals surface area contributed by atoms with Gasteiger partial charge in [-0.1, -0.05) is 42.5 Å². The monoisotopic (exact) mass is 406 g/mol. The van der Waals surface area contributed by atoms with E-state index in [1.807, 2.05) is 67.6 Å². The normalized spacial score (nSPS) is 10.2. The van der Waals surface area contributed by atoms with E-state index in [1.54, 1.807) is 18.2 Å². The number of carbonyl (C=O) groups excluding carboxylic acids is 2. The lowest BCUT2D eigenvalue weighted by atomic mass is 10.2. The Bertz CT molecular complexity index is 962. The van der Waals surface area contributed by atoms with Crippen molar-refractivity contribution >= 4 is 35.0 Å². The molecule has 29 heavy (non-hydrogen) atoms. The van der Waals surface area contributed by atoms with Crippen molar-refractivity contribution in [2.45, 2.75) is 11.8 Å². The van der Waals surface area contributed by atoms with Crippen LogP contribution in [-0.2, 0) is 9.59 Å². The summed E-state index contributed by atoms with van der Waals surface area (Å²) in [6, 6.07) is 24.4. The first kappa shape index (κ1) is 20.5. The van der Waals surface area contributed by atoms with Crippen LogP contribution in [0.2, 0.25) is 0 Å². The van der Waals surface area contributed by atoms with Crippen molar-refractivity contribution in [1.29, 1.82) is 0 Å². The molecule has 0 atom stereocenters. The van der Waals surface area contributed by atoms with Crippen molar-refractivity contribution in [2.24, 2.45) is 0 Å². The number of hydrogen-bond donors (Lipinski definition) is 2. The number of aryl methyl sites for hydroxylation is 1. The van der Waals surface area contributed by atoms with E-state index in [9.17, 15) is 9.59 Å². The van der Waals surface area contributed by atoms with Crippen molar-refractivity contribution in [3.05, 3.63) is 84.4 Å². The molecule has 3 rings (SSSR count). The molecule has 0 bridgehead atoms. The molecular weight excluding hydrogens is 384 g/mol. The Morgan fingerprint density at radius 1 is 0.828 bits per heavy atom. The Morgan fingerprint density at radius 2 is 1.48 bits per heavy atom. The molecular formula is C23H22N2O3S. The summed E-state index contributed by atoms with van der Waals surface area (Å²) >= 11 is 1.46. The van der Waals surface area contributed by atoms with E-state index in [0.29, 0.717) is 17.1 Å². The number of benzene rings is 3. The van der Waals surface area contributed by atoms with E-state index in [0.717, 1.165) is 10.5 Å². The summed E-state index contributed by atoms with van der Waals surface area (Å²) in [6.45, 7) is 1.81. The van der Waals surface area contributed by atoms with E-state index in [1.165, 1.54) is 11.8 Å². The van der Waals surface area contributed by atoms with Gasteiger partial charge in [-0.15, -0.1) is 11.8 Å². The number of rotatable bonds is 8. The predicted octanol–water partition coefficient (Wildman–Crippen LogP) is 4.74. The second-order valence-electron chi connectivity index (χ2n) is 6.35. The van der Waals surface area contributed by atoms with Gasteiger partial charge in [-0.3, -0.25) is 9.59 Å². The number of ether oxygens (including phenoxy) is 1. The highest BCUT2D eigenvalue weighted by molar-refractivity contribution is 8.00. The molecule has 0 aliphatic rings. The molecule has 2 N–H and O–H groups in total. The van der Waals surface area contributed by atoms with Crippen LogP contribution in [0.25, 0.3) is 0 Å². The molecule has 0 unspecified atom stereocenters. The zero-order chi connectivity index (χ0) is 20.5. The Morgan fingerprint density at radius 3 is 2.21 bits per heavy atom. The average Bonchev–Trinajstić information content (AvgIpc) is 2.74. The third kappa shape index (κ3) is 6.69. The first-order valence-electron chi connectivity index (χ1n) is 9.16. The zero-order valence-electron chi connectivity index (χ0n) is 16.1. The molecule has 0 saturated heterocycles. The van der Waals surface area contributed by atoms with Gasteiger partial charge in [-0.2, -0.15) is 0 Å². The maximum Gasteiger partial charge on any atom is 0.262 e. The van der Waals surface area contributed by atoms with Gasteiger partial charge in [-0.05, 0) is 48.9 Å². The molecule has 3 aromatic rings. The number of nitrogens with one attached hydrogen (secondary N) is 2. The largest absolute Gasteiger partial charge is 0.484 e. The van der Waals surface area contributed by atoms with Gasteiger partial charge in [0.1, 0.15) is 5.75 Å². The van der Waals surface area contributed by atoms with E-state index in [2.05, 4.69) is 10.6 Å². The number of thioether (sulfide) groups is 1. The lowest BCUT2D eigenvalue weighted by Crippen LogP contribution is -2.22. The minimum Gasteiger partial charge on any atom is -0.484 e. The van der Waals surface area contributed by atoms with Crippen LogP contribution in [0, 0.1) is 6.92 Å². The lowest BCUT2D eigenvalue weighted by Gasteiger charge is -2.14. The first-order valence-corrected chi connectivity index (χ1v) is 10.1. The summed E-state index contributed by atoms with van der Waals surface area (Å²) in [5.41, 5.74) is 2.08. The van der Waals surface area contributed by atoms with Crippen LogP contribution < -0.4 is 15.4 Å². The third-order valence-corrected chi connectivity index (χ3v) is 4.96. The second kappa shape index (κ2) is 10.3. The summed E-state index contributed by atoms with van der Waals surface area (Å²) in [5, 5.41) is 5.69. The Kier molecular flexibility index (Phi) is 7.30. The molecule has 3 aromatic carbocycles. The predicted molar refractivity (Wildman–Crippen MR) is 118 cm³/mol. The maximum atomic E-state index is 12.4. The van der Waals surface area contributed by atoms with Gasteiger partial charge in [0.15, 0.2) is 6.61 Å². The highest BCUT2D eigenvalue weighted by Crippen LogP contribution is 2.24. The average molecular weight is 407 g/mol. The SMILES string of the molecule is Cc1ccc(NC(=O)COc2ccccc2)c(NC(=O)CSc2ccccc2)c1. The van der Waals surface area contributed by atoms with E-state index in [-0.39, 0.29) is 24.2 Å². The first-order chi connectivity index (χ1) is 14.1. The molecule has 0 aromatic heterocycles. The van der Waals surface area contributed by atoms with Crippen LogP contribution in [0.3, 0.4) is 0 Å². The van der Waals surface area contributed by atoms with Gasteiger partial charge in [0.2, 0.25) is 5.91 Å². The lowest BCUT2D eigenvalue weighted by molar-refractivity contribution is -0.118. The highest BCUT2D eigenvalue weighted by atomic mass is 32.2. The second-order valence-corrected chi connectivity index (χ2v) is 7.40. The summed E-state index contributed by atoms with van der Waals surface area (Å²) < 4.78 is 5.47. The number of hydrogen-bond acceptors (Lipinski definition) is 4. The van der Waals surface area contributed by atoms with Crippen LogP contribution in [0.1, 0.15) is 5.56 Å². The van der Waals surface area contributed by atoms with Gasteiger partial charge in [0.05, 0.1) is 17.1 Å². The summed E-state index contributed by atoms with van der Waals surface area (Å²) in [4.78, 5) is 25.7. The molecule has 5 nitrogen and oxygen atoms in total. The molecule has 0 aliphatic carbocycles. The van der Waals surface area contributed by atoms with Crippen molar-refractivity contribution in [3.8, 4) is 5.75 Å². The number of anilines is 2. The molecule has 148 valence electrons. The van der Waals surface area contributed by atoms with Gasteiger partial charge >= 0.3 is 0 Å². The molecule has 0 radical (unpaired) electrons. The van der Waals surface area contributed by atoms with Gasteiger partial charge < -0.3 is 15.4 Å². The molecule has 6 heteroatoms. The molecule has 0 fully saturated rings. The molecule has 2 amide bonds. The number of carbonyl (C=O) groups is 2. The van der Waals surface area contributed by atoms with Crippen LogP contribution >= 0.6 is 11.8 Å². The van der Waals surface area contributed by atoms with Crippen molar-refractivity contribution in [2.75, 3.05) is 23.0 Å². The summed E-state index contributed by atoms with van der Waals surface area (Å²) in [5.74, 6) is 0.466. The van der Waals surface area contributed by atoms with Gasteiger partial charge in [-0.25, -0.2) is 0 Å². The fourth-order valence-corrected chi connectivity index (χ4v) is 3.29. The van der Waals surface area contributed by atoms with Crippen LogP contribution in [0.4, 0.5) is 11.4 Å². The smallest absolute Gasteiger partial charge is 0.262 e. The van der Waals surface area contributed by atoms with Crippen molar-refractivity contribution in [3.63, 3.8) is 0 Å². The molecule has 0 saturated carbocycles. The van der Waals surface area contributed by atoms with E-state index >= 15 is 0 Å². The summed E-state index contributed by atoms with van der Waals surface area (Å²) in [6.07, 6.45) is 0. The summed E-state index contributed by atoms with van der Waals surface area (Å²) in [7, 11) is 0. The number of para-hydroxylation sites is 1. The van der Waals surface area contributed by atoms with Gasteiger partial charge in [0, 0.05) is 4.90 Å². The highest BCUT2D eigenvalue weighted by Gasteiger charge is 2.11. The maximum absolute atomic E-state index is 12.4. The Labute approximate surface area is 174 Å². The quantitative estimate of drug-likeness (QED) is 0.530. The fourth-order valence-electron chi connectivity index (χ4n) is 2.57. The standard InChI is InChI=1S/C23H22N2O3S/c1-17-12-13-20(24-22(26)15-28-18-8-4-2-5-9-18)21(14-17)25-23(27)16-29-19-10-6-3-7-11-19/h2-14H,15-16H2,1H3,(H,24,26)(H,25,27). The molecule has 0 aliphatic heterocycles. The molecule has 0 heterocycles. The van der Waals surface area contributed by atoms with E-state index in [4.69, 9.17) is 4.74 Å². The minimum atomic E-state index is -0.299. The fraction of sp³-hybridized carbons (Fsp3) is 0.130. The van der Waals surface area contributed by atoms with Crippen molar-refractivity contribution in [1.82, 2.24) is 0 Å². The minimum absolute atomic E-state index is 0.116. The Hall–Kier alpha value is -3.25. The third-order valence-electron chi connectivity index (χ3n) is 3.95. The van der Waals surface area contributed by atoms with E-state index < -0.39 is 0 Å². The van der Waals surface area contributed by atoms with Crippen LogP contribution in [-0.4, -0.2) is 24.2 Å². The van der Waals surface area contributed by atoms with Crippen LogP contribution in [0.5, 0.6) is 5.75 Å².